The second-order valence-electron chi connectivity index (χ2n) is 7.76. The summed E-state index contributed by atoms with van der Waals surface area (Å²) in [6.45, 7) is 2.77. The second kappa shape index (κ2) is 14.6. The fourth-order valence-corrected chi connectivity index (χ4v) is 3.07. The molecular formula is C26H23N11O4. The van der Waals surface area contributed by atoms with Crippen molar-refractivity contribution in [3.05, 3.63) is 77.6 Å². The molecule has 1 aromatic carbocycles. The molecular weight excluding hydrogens is 530 g/mol. The van der Waals surface area contributed by atoms with E-state index in [2.05, 4.69) is 46.6 Å². The number of carboxylic acid groups (broad SMARTS) is 1. The van der Waals surface area contributed by atoms with Crippen LogP contribution in [-0.4, -0.2) is 66.6 Å². The summed E-state index contributed by atoms with van der Waals surface area (Å²) >= 11 is 0. The molecule has 0 aliphatic rings. The van der Waals surface area contributed by atoms with E-state index in [9.17, 15) is 9.59 Å². The van der Waals surface area contributed by atoms with Gasteiger partial charge in [0.25, 0.3) is 0 Å². The fraction of sp³-hybridized carbons (Fsp3) is 0.154. The Labute approximate surface area is 233 Å². The zero-order chi connectivity index (χ0) is 29.6. The summed E-state index contributed by atoms with van der Waals surface area (Å²) in [5.74, 6) is -0.839. The van der Waals surface area contributed by atoms with Gasteiger partial charge in [-0.1, -0.05) is 12.1 Å². The Kier molecular flexibility index (Phi) is 10.5. The standard InChI is InChI=1S/C21H19N9O2.C5H4N2O2/c1-2-32-19(31)16-12-28-20(29-17(16)14-5-3-13(9-22)4-6-14)25-7-8-26-21-27-11-15(10-23)18(24)30-21;8-5(9)4-1-6-3-7-2-4/h3-6,11-12H,2,7-8H2,1H3,(H,25,28,29)(H3,24,26,27,30);1-3H,(H,8,9). The van der Waals surface area contributed by atoms with Crippen LogP contribution in [0, 0.1) is 22.7 Å². The molecule has 0 radical (unpaired) electrons. The third-order valence-corrected chi connectivity index (χ3v) is 5.01. The average Bonchev–Trinajstić information content (AvgIpc) is 3.00. The molecule has 5 N–H and O–H groups in total. The van der Waals surface area contributed by atoms with Gasteiger partial charge in [-0.15, -0.1) is 0 Å². The largest absolute Gasteiger partial charge is 0.478 e. The van der Waals surface area contributed by atoms with Crippen LogP contribution in [0.15, 0.2) is 55.4 Å². The molecule has 0 atom stereocenters. The van der Waals surface area contributed by atoms with Gasteiger partial charge in [0.05, 0.1) is 35.7 Å². The monoisotopic (exact) mass is 553 g/mol. The van der Waals surface area contributed by atoms with Crippen LogP contribution < -0.4 is 16.4 Å². The lowest BCUT2D eigenvalue weighted by atomic mass is 10.1. The smallest absolute Gasteiger partial charge is 0.341 e. The quantitative estimate of drug-likeness (QED) is 0.171. The van der Waals surface area contributed by atoms with Gasteiger partial charge in [-0.3, -0.25) is 0 Å². The molecule has 0 aliphatic carbocycles. The Hall–Kier alpha value is -6.22. The normalized spacial score (nSPS) is 9.73. The van der Waals surface area contributed by atoms with Crippen molar-refractivity contribution in [3.63, 3.8) is 0 Å². The van der Waals surface area contributed by atoms with E-state index in [0.29, 0.717) is 41.8 Å². The van der Waals surface area contributed by atoms with E-state index in [-0.39, 0.29) is 29.1 Å². The molecule has 0 fully saturated rings. The van der Waals surface area contributed by atoms with Gasteiger partial charge in [0, 0.05) is 37.2 Å². The first kappa shape index (κ1) is 29.3. The molecule has 0 amide bonds. The third-order valence-electron chi connectivity index (χ3n) is 5.01. The number of carbonyl (C=O) groups is 2. The summed E-state index contributed by atoms with van der Waals surface area (Å²) in [7, 11) is 0. The topological polar surface area (TPSA) is 239 Å². The minimum Gasteiger partial charge on any atom is -0.478 e. The van der Waals surface area contributed by atoms with E-state index in [0.717, 1.165) is 0 Å². The van der Waals surface area contributed by atoms with Gasteiger partial charge < -0.3 is 26.2 Å². The zero-order valence-corrected chi connectivity index (χ0v) is 21.6. The number of rotatable bonds is 9. The second-order valence-corrected chi connectivity index (χ2v) is 7.76. The van der Waals surface area contributed by atoms with E-state index in [1.54, 1.807) is 31.2 Å². The fourth-order valence-electron chi connectivity index (χ4n) is 3.07. The highest BCUT2D eigenvalue weighted by Crippen LogP contribution is 2.23. The van der Waals surface area contributed by atoms with Crippen LogP contribution in [0.5, 0.6) is 0 Å². The Bertz CT molecular complexity index is 1580. The zero-order valence-electron chi connectivity index (χ0n) is 21.6. The number of ether oxygens (including phenoxy) is 1. The number of carboxylic acids is 1. The van der Waals surface area contributed by atoms with Crippen LogP contribution in [-0.2, 0) is 4.74 Å². The van der Waals surface area contributed by atoms with Crippen LogP contribution in [0.4, 0.5) is 17.7 Å². The lowest BCUT2D eigenvalue weighted by molar-refractivity contribution is 0.0526. The number of nitrogens with zero attached hydrogens (tertiary/aromatic N) is 8. The Balaban J connectivity index is 0.000000436. The van der Waals surface area contributed by atoms with Crippen LogP contribution in [0.3, 0.4) is 0 Å². The molecule has 41 heavy (non-hydrogen) atoms. The van der Waals surface area contributed by atoms with Crippen LogP contribution in [0.25, 0.3) is 11.3 Å². The number of nitrogen functional groups attached to an aromatic ring is 1. The molecule has 206 valence electrons. The van der Waals surface area contributed by atoms with Gasteiger partial charge in [-0.05, 0) is 19.1 Å². The summed E-state index contributed by atoms with van der Waals surface area (Å²) in [5, 5.41) is 32.2. The van der Waals surface area contributed by atoms with Crippen molar-refractivity contribution in [2.75, 3.05) is 36.1 Å². The maximum Gasteiger partial charge on any atom is 0.341 e. The lowest BCUT2D eigenvalue weighted by Gasteiger charge is -2.11. The number of benzene rings is 1. The van der Waals surface area contributed by atoms with E-state index in [1.807, 2.05) is 6.07 Å². The first-order valence-corrected chi connectivity index (χ1v) is 11.9. The predicted molar refractivity (Wildman–Crippen MR) is 145 cm³/mol. The molecule has 0 unspecified atom stereocenters. The Morgan fingerprint density at radius 1 is 0.951 bits per heavy atom. The number of carbonyl (C=O) groups excluding carboxylic acids is 1. The van der Waals surface area contributed by atoms with Gasteiger partial charge in [-0.2, -0.15) is 15.5 Å². The predicted octanol–water partition coefficient (Wildman–Crippen LogP) is 2.13. The van der Waals surface area contributed by atoms with Crippen LogP contribution in [0.2, 0.25) is 0 Å². The van der Waals surface area contributed by atoms with Crippen molar-refractivity contribution < 1.29 is 19.4 Å². The van der Waals surface area contributed by atoms with Gasteiger partial charge in [0.15, 0.2) is 0 Å². The maximum absolute atomic E-state index is 12.3. The number of nitrogens with one attached hydrogen (secondary N) is 2. The number of aromatic carboxylic acids is 1. The summed E-state index contributed by atoms with van der Waals surface area (Å²) in [5.41, 5.74) is 7.75. The van der Waals surface area contributed by atoms with Crippen molar-refractivity contribution in [1.82, 2.24) is 29.9 Å². The lowest BCUT2D eigenvalue weighted by Crippen LogP contribution is -2.18. The summed E-state index contributed by atoms with van der Waals surface area (Å²) < 4.78 is 5.10. The van der Waals surface area contributed by atoms with Gasteiger partial charge in [0.2, 0.25) is 11.9 Å². The number of esters is 1. The minimum atomic E-state index is -1.00. The Morgan fingerprint density at radius 3 is 2.12 bits per heavy atom. The molecule has 3 heterocycles. The summed E-state index contributed by atoms with van der Waals surface area (Å²) in [4.78, 5) is 46.2. The summed E-state index contributed by atoms with van der Waals surface area (Å²) in [6.07, 6.45) is 6.52. The summed E-state index contributed by atoms with van der Waals surface area (Å²) in [6, 6.07) is 10.7. The molecule has 0 aliphatic heterocycles. The molecule has 0 bridgehead atoms. The number of nitrogens with two attached hydrogens (primary N) is 1. The molecule has 3 aromatic heterocycles. The first-order valence-electron chi connectivity index (χ1n) is 11.9. The molecule has 0 spiro atoms. The van der Waals surface area contributed by atoms with Crippen LogP contribution >= 0.6 is 0 Å². The van der Waals surface area contributed by atoms with E-state index in [4.69, 9.17) is 26.1 Å². The number of anilines is 3. The van der Waals surface area contributed by atoms with Gasteiger partial charge in [0.1, 0.15) is 29.3 Å². The molecule has 15 heteroatoms. The van der Waals surface area contributed by atoms with Crippen molar-refractivity contribution in [1.29, 1.82) is 10.5 Å². The van der Waals surface area contributed by atoms with Crippen LogP contribution in [0.1, 0.15) is 38.8 Å². The SMILES string of the molecule is CCOC(=O)c1cnc(NCCNc2ncc(C#N)c(N)n2)nc1-c1ccc(C#N)cc1.O=C(O)c1cncnc1. The molecule has 15 nitrogen and oxygen atoms in total. The highest BCUT2D eigenvalue weighted by Gasteiger charge is 2.17. The van der Waals surface area contributed by atoms with Crippen molar-refractivity contribution in [2.45, 2.75) is 6.92 Å². The molecule has 0 saturated heterocycles. The minimum absolute atomic E-state index is 0.0999. The molecule has 0 saturated carbocycles. The molecule has 4 aromatic rings. The average molecular weight is 554 g/mol. The highest BCUT2D eigenvalue weighted by molar-refractivity contribution is 5.96. The van der Waals surface area contributed by atoms with E-state index >= 15 is 0 Å². The highest BCUT2D eigenvalue weighted by atomic mass is 16.5. The number of nitriles is 2. The van der Waals surface area contributed by atoms with Crippen molar-refractivity contribution >= 4 is 29.7 Å². The van der Waals surface area contributed by atoms with E-state index in [1.165, 1.54) is 31.1 Å². The number of aromatic nitrogens is 6. The van der Waals surface area contributed by atoms with Crippen molar-refractivity contribution in [2.24, 2.45) is 0 Å². The number of hydrogen-bond donors (Lipinski definition) is 4. The first-order chi connectivity index (χ1) is 19.9. The third kappa shape index (κ3) is 8.39. The van der Waals surface area contributed by atoms with Gasteiger partial charge in [-0.25, -0.2) is 34.5 Å². The number of hydrogen-bond acceptors (Lipinski definition) is 14. The maximum atomic E-state index is 12.3. The van der Waals surface area contributed by atoms with Gasteiger partial charge >= 0.3 is 11.9 Å². The van der Waals surface area contributed by atoms with Crippen molar-refractivity contribution in [3.8, 4) is 23.4 Å². The Morgan fingerprint density at radius 2 is 1.59 bits per heavy atom. The molecule has 4 rings (SSSR count). The van der Waals surface area contributed by atoms with E-state index < -0.39 is 11.9 Å².